The molecular weight excluding hydrogens is 338 g/mol. The maximum Gasteiger partial charge on any atom is 0.176 e. The Labute approximate surface area is 161 Å². The van der Waals surface area contributed by atoms with Crippen LogP contribution in [-0.2, 0) is 0 Å². The van der Waals surface area contributed by atoms with Crippen molar-refractivity contribution in [1.82, 2.24) is 4.90 Å². The minimum absolute atomic E-state index is 0.0977. The van der Waals surface area contributed by atoms with Crippen molar-refractivity contribution < 1.29 is 15.0 Å². The first-order valence-corrected chi connectivity index (χ1v) is 9.67. The Bertz CT molecular complexity index is 736. The lowest BCUT2D eigenvalue weighted by Gasteiger charge is -2.16. The van der Waals surface area contributed by atoms with Gasteiger partial charge in [0.1, 0.15) is 5.75 Å². The van der Waals surface area contributed by atoms with Crippen molar-refractivity contribution >= 4 is 5.78 Å². The van der Waals surface area contributed by atoms with Gasteiger partial charge in [0.15, 0.2) is 5.78 Å². The van der Waals surface area contributed by atoms with E-state index < -0.39 is 0 Å². The second-order valence-electron chi connectivity index (χ2n) is 7.89. The van der Waals surface area contributed by atoms with Crippen LogP contribution in [0.2, 0.25) is 0 Å². The SMILES string of the molecule is Cc1ccccc1C.O=C(CN1CC2CC(O)CC2C1)c1ccc(O)cc1. The van der Waals surface area contributed by atoms with Gasteiger partial charge in [-0.25, -0.2) is 0 Å². The van der Waals surface area contributed by atoms with Crippen molar-refractivity contribution in [3.8, 4) is 5.75 Å². The number of Topliss-reactive ketones (excluding diaryl/α,β-unsaturated/α-hetero) is 1. The lowest BCUT2D eigenvalue weighted by atomic mass is 10.0. The van der Waals surface area contributed by atoms with Gasteiger partial charge in [-0.2, -0.15) is 0 Å². The number of carbonyl (C=O) groups is 1. The van der Waals surface area contributed by atoms with E-state index in [-0.39, 0.29) is 17.6 Å². The minimum atomic E-state index is -0.134. The Balaban J connectivity index is 0.000000221. The standard InChI is InChI=1S/C15H19NO3.C8H10/c17-13-3-1-10(2-4-13)15(19)9-16-7-11-5-14(18)6-12(11)8-16;1-7-5-3-4-6-8(7)2/h1-4,11-12,14,17-18H,5-9H2;3-6H,1-2H3. The number of benzene rings is 2. The van der Waals surface area contributed by atoms with Crippen molar-refractivity contribution in [2.45, 2.75) is 32.8 Å². The second-order valence-corrected chi connectivity index (χ2v) is 7.89. The molecule has 2 fully saturated rings. The number of fused-ring (bicyclic) bond motifs is 1. The van der Waals surface area contributed by atoms with Crippen LogP contribution < -0.4 is 0 Å². The molecule has 1 heterocycles. The highest BCUT2D eigenvalue weighted by atomic mass is 16.3. The lowest BCUT2D eigenvalue weighted by Crippen LogP contribution is -2.29. The summed E-state index contributed by atoms with van der Waals surface area (Å²) in [7, 11) is 0. The smallest absolute Gasteiger partial charge is 0.176 e. The summed E-state index contributed by atoms with van der Waals surface area (Å²) in [5.41, 5.74) is 3.38. The van der Waals surface area contributed by atoms with Gasteiger partial charge < -0.3 is 10.2 Å². The van der Waals surface area contributed by atoms with Crippen molar-refractivity contribution in [3.63, 3.8) is 0 Å². The molecule has 1 saturated heterocycles. The molecule has 0 aromatic heterocycles. The first-order valence-electron chi connectivity index (χ1n) is 9.67. The fourth-order valence-corrected chi connectivity index (χ4v) is 4.10. The highest BCUT2D eigenvalue weighted by molar-refractivity contribution is 5.97. The summed E-state index contributed by atoms with van der Waals surface area (Å²) >= 11 is 0. The summed E-state index contributed by atoms with van der Waals surface area (Å²) in [5.74, 6) is 1.40. The number of ketones is 1. The second kappa shape index (κ2) is 8.68. The minimum Gasteiger partial charge on any atom is -0.508 e. The number of hydrogen-bond donors (Lipinski definition) is 2. The van der Waals surface area contributed by atoms with E-state index in [0.717, 1.165) is 25.9 Å². The monoisotopic (exact) mass is 367 g/mol. The highest BCUT2D eigenvalue weighted by Gasteiger charge is 2.40. The molecule has 0 spiro atoms. The number of phenolic OH excluding ortho intramolecular Hbond substituents is 1. The number of phenols is 1. The van der Waals surface area contributed by atoms with Crippen LogP contribution in [-0.4, -0.2) is 46.6 Å². The molecule has 1 aliphatic carbocycles. The largest absolute Gasteiger partial charge is 0.508 e. The molecule has 2 aromatic carbocycles. The molecule has 2 atom stereocenters. The Morgan fingerprint density at radius 3 is 1.96 bits per heavy atom. The van der Waals surface area contributed by atoms with Crippen LogP contribution in [0.1, 0.15) is 34.3 Å². The Morgan fingerprint density at radius 1 is 0.963 bits per heavy atom. The normalized spacial score (nSPS) is 24.2. The zero-order chi connectivity index (χ0) is 19.4. The predicted molar refractivity (Wildman–Crippen MR) is 107 cm³/mol. The van der Waals surface area contributed by atoms with E-state index in [1.807, 2.05) is 0 Å². The Kier molecular flexibility index (Phi) is 6.30. The summed E-state index contributed by atoms with van der Waals surface area (Å²) in [4.78, 5) is 14.3. The Hall–Kier alpha value is -2.17. The van der Waals surface area contributed by atoms with E-state index in [0.29, 0.717) is 23.9 Å². The lowest BCUT2D eigenvalue weighted by molar-refractivity contribution is 0.0935. The number of aromatic hydroxyl groups is 1. The third kappa shape index (κ3) is 5.18. The summed E-state index contributed by atoms with van der Waals surface area (Å²) in [5, 5.41) is 18.8. The van der Waals surface area contributed by atoms with Gasteiger partial charge in [-0.3, -0.25) is 9.69 Å². The van der Waals surface area contributed by atoms with Gasteiger partial charge in [0.25, 0.3) is 0 Å². The van der Waals surface area contributed by atoms with E-state index in [2.05, 4.69) is 43.0 Å². The number of hydrogen-bond acceptors (Lipinski definition) is 4. The molecule has 4 nitrogen and oxygen atoms in total. The van der Waals surface area contributed by atoms with Crippen LogP contribution in [0, 0.1) is 25.7 Å². The first kappa shape index (κ1) is 19.6. The zero-order valence-electron chi connectivity index (χ0n) is 16.1. The topological polar surface area (TPSA) is 60.8 Å². The molecule has 4 heteroatoms. The van der Waals surface area contributed by atoms with E-state index in [1.165, 1.54) is 11.1 Å². The maximum absolute atomic E-state index is 12.1. The molecule has 2 aromatic rings. The number of carbonyl (C=O) groups excluding carboxylic acids is 1. The van der Waals surface area contributed by atoms with Crippen molar-refractivity contribution in [3.05, 3.63) is 65.2 Å². The van der Waals surface area contributed by atoms with E-state index in [9.17, 15) is 15.0 Å². The number of likely N-dealkylation sites (tertiary alicyclic amines) is 1. The third-order valence-electron chi connectivity index (χ3n) is 5.78. The van der Waals surface area contributed by atoms with Crippen LogP contribution in [0.15, 0.2) is 48.5 Å². The summed E-state index contributed by atoms with van der Waals surface area (Å²) in [6.07, 6.45) is 1.63. The van der Waals surface area contributed by atoms with Crippen molar-refractivity contribution in [2.75, 3.05) is 19.6 Å². The van der Waals surface area contributed by atoms with Crippen molar-refractivity contribution in [2.24, 2.45) is 11.8 Å². The molecule has 4 rings (SSSR count). The van der Waals surface area contributed by atoms with E-state index in [1.54, 1.807) is 24.3 Å². The van der Waals surface area contributed by atoms with E-state index in [4.69, 9.17) is 0 Å². The Morgan fingerprint density at radius 2 is 1.48 bits per heavy atom. The maximum atomic E-state index is 12.1. The summed E-state index contributed by atoms with van der Waals surface area (Å²) < 4.78 is 0. The number of nitrogens with zero attached hydrogens (tertiary/aromatic N) is 1. The molecule has 2 aliphatic rings. The van der Waals surface area contributed by atoms with Gasteiger partial charge >= 0.3 is 0 Å². The summed E-state index contributed by atoms with van der Waals surface area (Å²) in [6.45, 7) is 6.52. The fourth-order valence-electron chi connectivity index (χ4n) is 4.10. The van der Waals surface area contributed by atoms with Crippen LogP contribution in [0.3, 0.4) is 0 Å². The number of aliphatic hydroxyl groups excluding tert-OH is 1. The van der Waals surface area contributed by atoms with Gasteiger partial charge in [0, 0.05) is 18.7 Å². The molecule has 2 unspecified atom stereocenters. The highest BCUT2D eigenvalue weighted by Crippen LogP contribution is 2.37. The number of aryl methyl sites for hydroxylation is 2. The molecule has 144 valence electrons. The molecule has 2 N–H and O–H groups in total. The quantitative estimate of drug-likeness (QED) is 0.814. The van der Waals surface area contributed by atoms with Crippen LogP contribution in [0.4, 0.5) is 0 Å². The van der Waals surface area contributed by atoms with Gasteiger partial charge in [0.05, 0.1) is 12.6 Å². The van der Waals surface area contributed by atoms with E-state index >= 15 is 0 Å². The van der Waals surface area contributed by atoms with Crippen molar-refractivity contribution in [1.29, 1.82) is 0 Å². The van der Waals surface area contributed by atoms with Gasteiger partial charge in [-0.05, 0) is 73.9 Å². The predicted octanol–water partition coefficient (Wildman–Crippen LogP) is 3.58. The fraction of sp³-hybridized carbons (Fsp3) is 0.435. The number of rotatable bonds is 3. The average molecular weight is 367 g/mol. The van der Waals surface area contributed by atoms with Gasteiger partial charge in [-0.1, -0.05) is 24.3 Å². The molecule has 1 saturated carbocycles. The molecule has 0 bridgehead atoms. The van der Waals surface area contributed by atoms with Crippen LogP contribution in [0.5, 0.6) is 5.75 Å². The van der Waals surface area contributed by atoms with Gasteiger partial charge in [0.2, 0.25) is 0 Å². The molecule has 1 aliphatic heterocycles. The third-order valence-corrected chi connectivity index (χ3v) is 5.78. The van der Waals surface area contributed by atoms with Gasteiger partial charge in [-0.15, -0.1) is 0 Å². The molecule has 27 heavy (non-hydrogen) atoms. The average Bonchev–Trinajstić information content (AvgIpc) is 3.15. The molecular formula is C23H29NO3. The first-order chi connectivity index (χ1) is 12.9. The molecule has 0 radical (unpaired) electrons. The number of aliphatic hydroxyl groups is 1. The molecule has 0 amide bonds. The van der Waals surface area contributed by atoms with Crippen LogP contribution >= 0.6 is 0 Å². The van der Waals surface area contributed by atoms with Crippen LogP contribution in [0.25, 0.3) is 0 Å². The summed E-state index contributed by atoms with van der Waals surface area (Å²) in [6, 6.07) is 14.8. The zero-order valence-corrected chi connectivity index (χ0v) is 16.1.